The van der Waals surface area contributed by atoms with Crippen LogP contribution < -0.4 is 14.4 Å². The van der Waals surface area contributed by atoms with Gasteiger partial charge in [0.2, 0.25) is 26.0 Å². The Morgan fingerprint density at radius 3 is 2.03 bits per heavy atom. The van der Waals surface area contributed by atoms with Gasteiger partial charge in [-0.25, -0.2) is 16.8 Å². The second-order valence-electron chi connectivity index (χ2n) is 8.72. The fourth-order valence-corrected chi connectivity index (χ4v) is 6.37. The molecule has 196 valence electrons. The van der Waals surface area contributed by atoms with Crippen molar-refractivity contribution in [3.8, 4) is 11.5 Å². The molecular formula is C26H29N3O6S2. The third-order valence-electron chi connectivity index (χ3n) is 5.88. The molecule has 1 saturated heterocycles. The molecule has 1 fully saturated rings. The van der Waals surface area contributed by atoms with Crippen molar-refractivity contribution in [2.45, 2.75) is 24.2 Å². The Morgan fingerprint density at radius 2 is 1.43 bits per heavy atom. The van der Waals surface area contributed by atoms with Gasteiger partial charge in [0.05, 0.1) is 16.8 Å². The van der Waals surface area contributed by atoms with Crippen molar-refractivity contribution in [1.29, 1.82) is 0 Å². The Morgan fingerprint density at radius 1 is 0.838 bits per heavy atom. The van der Waals surface area contributed by atoms with Crippen LogP contribution in [0.15, 0.2) is 83.8 Å². The number of carbonyl (C=O) groups is 1. The minimum Gasteiger partial charge on any atom is -0.457 e. The number of sulfonamides is 2. The van der Waals surface area contributed by atoms with E-state index in [1.165, 1.54) is 28.6 Å². The minimum absolute atomic E-state index is 0.156. The number of nitrogens with one attached hydrogen (secondary N) is 1. The summed E-state index contributed by atoms with van der Waals surface area (Å²) in [6.45, 7) is 0.550. The van der Waals surface area contributed by atoms with E-state index in [2.05, 4.69) is 5.32 Å². The monoisotopic (exact) mass is 543 g/mol. The van der Waals surface area contributed by atoms with Gasteiger partial charge in [-0.15, -0.1) is 0 Å². The lowest BCUT2D eigenvalue weighted by molar-refractivity contribution is -0.114. The molecule has 3 aromatic carbocycles. The topological polar surface area (TPSA) is 113 Å². The number of benzene rings is 3. The molecule has 0 aliphatic carbocycles. The van der Waals surface area contributed by atoms with Crippen molar-refractivity contribution in [2.24, 2.45) is 0 Å². The normalized spacial score (nSPS) is 14.6. The number of hydrogen-bond donors (Lipinski definition) is 1. The van der Waals surface area contributed by atoms with Crippen molar-refractivity contribution in [1.82, 2.24) is 4.31 Å². The quantitative estimate of drug-likeness (QED) is 0.436. The summed E-state index contributed by atoms with van der Waals surface area (Å²) in [5.41, 5.74) is 0.670. The summed E-state index contributed by atoms with van der Waals surface area (Å²) in [6.07, 6.45) is 3.72. The van der Waals surface area contributed by atoms with Crippen LogP contribution in [-0.4, -0.2) is 52.9 Å². The van der Waals surface area contributed by atoms with Crippen LogP contribution in [0.1, 0.15) is 19.3 Å². The highest BCUT2D eigenvalue weighted by Crippen LogP contribution is 2.26. The Balaban J connectivity index is 1.42. The molecule has 0 bridgehead atoms. The fraction of sp³-hybridized carbons (Fsp3) is 0.269. The van der Waals surface area contributed by atoms with Crippen molar-refractivity contribution in [3.05, 3.63) is 78.9 Å². The number of amides is 1. The van der Waals surface area contributed by atoms with Crippen LogP contribution in [0.2, 0.25) is 0 Å². The summed E-state index contributed by atoms with van der Waals surface area (Å²) in [5.74, 6) is 0.596. The number of hydrogen-bond acceptors (Lipinski definition) is 6. The highest BCUT2D eigenvalue weighted by atomic mass is 32.2. The Bertz CT molecular complexity index is 1420. The zero-order valence-corrected chi connectivity index (χ0v) is 22.0. The van der Waals surface area contributed by atoms with Crippen molar-refractivity contribution >= 4 is 37.3 Å². The standard InChI is InChI=1S/C26H29N3O6S2/c1-36(31,32)29(22-12-14-24(15-13-22)35-23-8-4-2-5-9-23)20-26(30)27-21-10-16-25(17-11-21)37(33,34)28-18-6-3-7-19-28/h2,4-5,8-17H,3,6-7,18-20H2,1H3,(H,27,30). The molecule has 1 aliphatic rings. The first-order valence-corrected chi connectivity index (χ1v) is 15.1. The molecule has 11 heteroatoms. The number of rotatable bonds is 9. The molecular weight excluding hydrogens is 514 g/mol. The zero-order valence-electron chi connectivity index (χ0n) is 20.4. The highest BCUT2D eigenvalue weighted by Gasteiger charge is 2.26. The molecule has 37 heavy (non-hydrogen) atoms. The number of piperidine rings is 1. The van der Waals surface area contributed by atoms with Crippen LogP contribution in [0.25, 0.3) is 0 Å². The van der Waals surface area contributed by atoms with E-state index < -0.39 is 32.5 Å². The van der Waals surface area contributed by atoms with Gasteiger partial charge in [0.15, 0.2) is 0 Å². The van der Waals surface area contributed by atoms with Gasteiger partial charge < -0.3 is 10.1 Å². The molecule has 0 radical (unpaired) electrons. The van der Waals surface area contributed by atoms with E-state index in [9.17, 15) is 21.6 Å². The fourth-order valence-electron chi connectivity index (χ4n) is 4.00. The molecule has 0 spiro atoms. The van der Waals surface area contributed by atoms with Gasteiger partial charge in [-0.05, 0) is 73.5 Å². The van der Waals surface area contributed by atoms with E-state index in [0.29, 0.717) is 36.0 Å². The van der Waals surface area contributed by atoms with Crippen molar-refractivity contribution in [2.75, 3.05) is 35.5 Å². The Labute approximate surface area is 217 Å². The van der Waals surface area contributed by atoms with Gasteiger partial charge in [0, 0.05) is 18.8 Å². The first-order valence-electron chi connectivity index (χ1n) is 11.8. The summed E-state index contributed by atoms with van der Waals surface area (Å²) in [7, 11) is -7.35. The number of nitrogens with zero attached hydrogens (tertiary/aromatic N) is 2. The molecule has 0 saturated carbocycles. The largest absolute Gasteiger partial charge is 0.457 e. The summed E-state index contributed by atoms with van der Waals surface area (Å²) in [6, 6.07) is 21.4. The number of para-hydroxylation sites is 1. The molecule has 1 N–H and O–H groups in total. The van der Waals surface area contributed by atoms with E-state index in [4.69, 9.17) is 4.74 Å². The van der Waals surface area contributed by atoms with Crippen LogP contribution in [0.5, 0.6) is 11.5 Å². The van der Waals surface area contributed by atoms with E-state index in [1.807, 2.05) is 18.2 Å². The van der Waals surface area contributed by atoms with Gasteiger partial charge in [-0.1, -0.05) is 24.6 Å². The van der Waals surface area contributed by atoms with Crippen LogP contribution in [-0.2, 0) is 24.8 Å². The van der Waals surface area contributed by atoms with Gasteiger partial charge in [-0.3, -0.25) is 9.10 Å². The summed E-state index contributed by atoms with van der Waals surface area (Å²) in [5, 5.41) is 2.64. The number of anilines is 2. The van der Waals surface area contributed by atoms with E-state index in [0.717, 1.165) is 29.8 Å². The summed E-state index contributed by atoms with van der Waals surface area (Å²) in [4.78, 5) is 12.9. The SMILES string of the molecule is CS(=O)(=O)N(CC(=O)Nc1ccc(S(=O)(=O)N2CCCCC2)cc1)c1ccc(Oc2ccccc2)cc1. The molecule has 1 heterocycles. The Hall–Kier alpha value is -3.41. The van der Waals surface area contributed by atoms with Crippen molar-refractivity contribution in [3.63, 3.8) is 0 Å². The average molecular weight is 544 g/mol. The molecule has 3 aromatic rings. The predicted octanol–water partition coefficient (Wildman–Crippen LogP) is 4.06. The van der Waals surface area contributed by atoms with Crippen LogP contribution >= 0.6 is 0 Å². The second kappa shape index (κ2) is 11.3. The highest BCUT2D eigenvalue weighted by molar-refractivity contribution is 7.92. The first-order chi connectivity index (χ1) is 17.6. The smallest absolute Gasteiger partial charge is 0.245 e. The van der Waals surface area contributed by atoms with Crippen molar-refractivity contribution < 1.29 is 26.4 Å². The third-order valence-corrected chi connectivity index (χ3v) is 8.94. The van der Waals surface area contributed by atoms with Crippen LogP contribution in [0, 0.1) is 0 Å². The molecule has 0 unspecified atom stereocenters. The summed E-state index contributed by atoms with van der Waals surface area (Å²) < 4.78 is 58.7. The first kappa shape index (κ1) is 26.6. The predicted molar refractivity (Wildman–Crippen MR) is 143 cm³/mol. The second-order valence-corrected chi connectivity index (χ2v) is 12.6. The molecule has 9 nitrogen and oxygen atoms in total. The maximum absolute atomic E-state index is 12.8. The minimum atomic E-state index is -3.77. The van der Waals surface area contributed by atoms with E-state index in [1.54, 1.807) is 36.4 Å². The number of ether oxygens (including phenoxy) is 1. The number of carbonyl (C=O) groups excluding carboxylic acids is 1. The van der Waals surface area contributed by atoms with Crippen LogP contribution in [0.4, 0.5) is 11.4 Å². The van der Waals surface area contributed by atoms with Crippen LogP contribution in [0.3, 0.4) is 0 Å². The zero-order chi connectivity index (χ0) is 26.5. The van der Waals surface area contributed by atoms with E-state index >= 15 is 0 Å². The maximum Gasteiger partial charge on any atom is 0.245 e. The van der Waals surface area contributed by atoms with Gasteiger partial charge in [0.1, 0.15) is 18.0 Å². The molecule has 0 atom stereocenters. The van der Waals surface area contributed by atoms with Gasteiger partial charge in [-0.2, -0.15) is 4.31 Å². The van der Waals surface area contributed by atoms with E-state index in [-0.39, 0.29) is 4.90 Å². The maximum atomic E-state index is 12.8. The summed E-state index contributed by atoms with van der Waals surface area (Å²) >= 11 is 0. The molecule has 1 aliphatic heterocycles. The van der Waals surface area contributed by atoms with Gasteiger partial charge >= 0.3 is 0 Å². The Kier molecular flexibility index (Phi) is 8.16. The lowest BCUT2D eigenvalue weighted by Crippen LogP contribution is -2.37. The lowest BCUT2D eigenvalue weighted by atomic mass is 10.2. The lowest BCUT2D eigenvalue weighted by Gasteiger charge is -2.26. The molecule has 4 rings (SSSR count). The molecule has 1 amide bonds. The average Bonchev–Trinajstić information content (AvgIpc) is 2.89. The molecule has 0 aromatic heterocycles. The van der Waals surface area contributed by atoms with Gasteiger partial charge in [0.25, 0.3) is 0 Å². The third kappa shape index (κ3) is 6.88.